The van der Waals surface area contributed by atoms with E-state index in [0.29, 0.717) is 27.6 Å². The Morgan fingerprint density at radius 2 is 2.10 bits per heavy atom. The molecule has 0 spiro atoms. The summed E-state index contributed by atoms with van der Waals surface area (Å²) >= 11 is 2.86. The zero-order chi connectivity index (χ0) is 20.4. The minimum atomic E-state index is -0.318. The topological polar surface area (TPSA) is 92.7 Å². The number of hydrogen-bond acceptors (Lipinski definition) is 6. The number of aromatic nitrogens is 4. The molecule has 3 aromatic heterocycles. The molecule has 1 atom stereocenters. The minimum Gasteiger partial charge on any atom is -0.309 e. The summed E-state index contributed by atoms with van der Waals surface area (Å²) in [6.45, 7) is 1.82. The van der Waals surface area contributed by atoms with E-state index in [1.807, 2.05) is 42.6 Å². The number of amides is 1. The second kappa shape index (κ2) is 8.22. The van der Waals surface area contributed by atoms with Gasteiger partial charge in [0.25, 0.3) is 5.56 Å². The van der Waals surface area contributed by atoms with Gasteiger partial charge in [-0.2, -0.15) is 5.10 Å². The normalized spacial score (nSPS) is 12.2. The fourth-order valence-electron chi connectivity index (χ4n) is 2.88. The molecule has 4 rings (SSSR count). The molecule has 29 heavy (non-hydrogen) atoms. The van der Waals surface area contributed by atoms with Crippen molar-refractivity contribution in [2.75, 3.05) is 5.32 Å². The quantitative estimate of drug-likeness (QED) is 0.492. The third kappa shape index (κ3) is 4.25. The monoisotopic (exact) mass is 425 g/mol. The molecule has 1 aromatic carbocycles. The second-order valence-corrected chi connectivity index (χ2v) is 8.71. The van der Waals surface area contributed by atoms with Crippen molar-refractivity contribution in [3.05, 3.63) is 64.2 Å². The number of aryl methyl sites for hydroxylation is 1. The summed E-state index contributed by atoms with van der Waals surface area (Å²) in [5.41, 5.74) is 1.73. The van der Waals surface area contributed by atoms with Crippen LogP contribution in [-0.2, 0) is 17.6 Å². The molecule has 2 N–H and O–H groups in total. The van der Waals surface area contributed by atoms with Crippen LogP contribution >= 0.6 is 23.1 Å². The maximum Gasteiger partial charge on any atom is 0.260 e. The minimum absolute atomic E-state index is 0.139. The van der Waals surface area contributed by atoms with Gasteiger partial charge in [-0.1, -0.05) is 30.3 Å². The van der Waals surface area contributed by atoms with Gasteiger partial charge in [0.05, 0.1) is 16.4 Å². The maximum atomic E-state index is 12.7. The number of benzene rings is 1. The highest BCUT2D eigenvalue weighted by Gasteiger charge is 2.17. The number of hydrogen-bond donors (Lipinski definition) is 2. The average molecular weight is 426 g/mol. The lowest BCUT2D eigenvalue weighted by molar-refractivity contribution is -0.115. The predicted octanol–water partition coefficient (Wildman–Crippen LogP) is 3.65. The average Bonchev–Trinajstić information content (AvgIpc) is 3.33. The van der Waals surface area contributed by atoms with E-state index in [-0.39, 0.29) is 16.7 Å². The van der Waals surface area contributed by atoms with E-state index in [2.05, 4.69) is 20.4 Å². The molecule has 4 aromatic rings. The van der Waals surface area contributed by atoms with E-state index in [0.717, 1.165) is 11.1 Å². The van der Waals surface area contributed by atoms with Gasteiger partial charge in [-0.05, 0) is 12.5 Å². The first kappa shape index (κ1) is 19.4. The zero-order valence-corrected chi connectivity index (χ0v) is 17.5. The largest absolute Gasteiger partial charge is 0.309 e. The Morgan fingerprint density at radius 3 is 2.83 bits per heavy atom. The number of nitrogens with zero attached hydrogens (tertiary/aromatic N) is 3. The molecule has 148 valence electrons. The number of rotatable bonds is 6. The lowest BCUT2D eigenvalue weighted by Gasteiger charge is -2.10. The van der Waals surface area contributed by atoms with E-state index in [9.17, 15) is 9.59 Å². The summed E-state index contributed by atoms with van der Waals surface area (Å²) in [6, 6.07) is 11.5. The van der Waals surface area contributed by atoms with Gasteiger partial charge in [0.1, 0.15) is 10.7 Å². The van der Waals surface area contributed by atoms with E-state index >= 15 is 0 Å². The molecule has 0 saturated heterocycles. The number of nitrogens with one attached hydrogen (secondary N) is 2. The highest BCUT2D eigenvalue weighted by Crippen LogP contribution is 2.30. The van der Waals surface area contributed by atoms with Crippen molar-refractivity contribution < 1.29 is 4.79 Å². The number of fused-ring (bicyclic) bond motifs is 1. The third-order valence-corrected chi connectivity index (χ3v) is 6.41. The van der Waals surface area contributed by atoms with Crippen LogP contribution < -0.4 is 10.9 Å². The Labute approximate surface area is 175 Å². The number of thioether (sulfide) groups is 1. The molecule has 7 nitrogen and oxygen atoms in total. The fraction of sp³-hybridized carbons (Fsp3) is 0.200. The van der Waals surface area contributed by atoms with E-state index in [4.69, 9.17) is 0 Å². The van der Waals surface area contributed by atoms with Gasteiger partial charge in [-0.3, -0.25) is 14.3 Å². The summed E-state index contributed by atoms with van der Waals surface area (Å²) < 4.78 is 1.63. The first-order chi connectivity index (χ1) is 14.0. The smallest absolute Gasteiger partial charge is 0.260 e. The summed E-state index contributed by atoms with van der Waals surface area (Å²) in [5, 5.41) is 9.17. The molecule has 0 fully saturated rings. The summed E-state index contributed by atoms with van der Waals surface area (Å²) in [6.07, 6.45) is 1.77. The number of thiophene rings is 1. The van der Waals surface area contributed by atoms with Crippen molar-refractivity contribution in [1.29, 1.82) is 0 Å². The summed E-state index contributed by atoms with van der Waals surface area (Å²) in [5.74, 6) is 1.37. The first-order valence-corrected chi connectivity index (χ1v) is 10.9. The summed E-state index contributed by atoms with van der Waals surface area (Å²) in [7, 11) is 1.79. The van der Waals surface area contributed by atoms with Crippen LogP contribution in [0.1, 0.15) is 12.7 Å². The lowest BCUT2D eigenvalue weighted by Crippen LogP contribution is -2.23. The van der Waals surface area contributed by atoms with Gasteiger partial charge >= 0.3 is 0 Å². The van der Waals surface area contributed by atoms with Gasteiger partial charge in [0.15, 0.2) is 5.82 Å². The van der Waals surface area contributed by atoms with Gasteiger partial charge in [0, 0.05) is 30.3 Å². The lowest BCUT2D eigenvalue weighted by atomic mass is 10.1. The number of aromatic amines is 1. The second-order valence-electron chi connectivity index (χ2n) is 6.53. The first-order valence-electron chi connectivity index (χ1n) is 8.99. The molecule has 9 heteroatoms. The van der Waals surface area contributed by atoms with E-state index in [1.54, 1.807) is 24.0 Å². The highest BCUT2D eigenvalue weighted by molar-refractivity contribution is 7.99. The molecule has 0 bridgehead atoms. The van der Waals surface area contributed by atoms with Crippen molar-refractivity contribution in [1.82, 2.24) is 19.7 Å². The molecule has 0 aliphatic carbocycles. The van der Waals surface area contributed by atoms with Gasteiger partial charge in [-0.15, -0.1) is 23.1 Å². The van der Waals surface area contributed by atoms with Crippen LogP contribution in [0, 0.1) is 0 Å². The van der Waals surface area contributed by atoms with Crippen LogP contribution in [0.15, 0.2) is 52.8 Å². The molecule has 3 heterocycles. The molecule has 0 aliphatic heterocycles. The Hall–Kier alpha value is -2.91. The van der Waals surface area contributed by atoms with Crippen LogP contribution in [0.2, 0.25) is 0 Å². The molecule has 0 radical (unpaired) electrons. The van der Waals surface area contributed by atoms with Gasteiger partial charge in [-0.25, -0.2) is 4.98 Å². The molecule has 1 unspecified atom stereocenters. The Morgan fingerprint density at radius 1 is 1.31 bits per heavy atom. The molecule has 1 amide bonds. The van der Waals surface area contributed by atoms with E-state index < -0.39 is 0 Å². The van der Waals surface area contributed by atoms with Crippen molar-refractivity contribution >= 4 is 45.0 Å². The molecular weight excluding hydrogens is 406 g/mol. The Balaban J connectivity index is 1.47. The van der Waals surface area contributed by atoms with Crippen molar-refractivity contribution in [2.24, 2.45) is 7.05 Å². The van der Waals surface area contributed by atoms with E-state index in [1.165, 1.54) is 23.1 Å². The van der Waals surface area contributed by atoms with Gasteiger partial charge in [0.2, 0.25) is 5.91 Å². The van der Waals surface area contributed by atoms with Crippen molar-refractivity contribution in [3.63, 3.8) is 0 Å². The zero-order valence-electron chi connectivity index (χ0n) is 15.9. The molecule has 0 aliphatic rings. The highest BCUT2D eigenvalue weighted by atomic mass is 32.2. The molecular formula is C20H19N5O2S2. The van der Waals surface area contributed by atoms with Crippen molar-refractivity contribution in [2.45, 2.75) is 17.9 Å². The standard InChI is InChI=1S/C20H19N5O2S2/c1-12(18(26)21-15-8-9-25(2)24-15)28-11-16-22-19(27)17-14(10-29-20(17)23-16)13-6-4-3-5-7-13/h3-10,12H,11H2,1-2H3,(H,21,24,26)(H,22,23,27). The number of carbonyl (C=O) groups is 1. The Kier molecular flexibility index (Phi) is 5.50. The predicted molar refractivity (Wildman–Crippen MR) is 118 cm³/mol. The number of H-pyrrole nitrogens is 1. The van der Waals surface area contributed by atoms with Crippen LogP contribution in [0.25, 0.3) is 21.3 Å². The van der Waals surface area contributed by atoms with Crippen LogP contribution in [-0.4, -0.2) is 30.9 Å². The number of carbonyl (C=O) groups excluding carboxylic acids is 1. The van der Waals surface area contributed by atoms with Crippen molar-refractivity contribution in [3.8, 4) is 11.1 Å². The molecule has 0 saturated carbocycles. The van der Waals surface area contributed by atoms with Crippen LogP contribution in [0.3, 0.4) is 0 Å². The van der Waals surface area contributed by atoms with Crippen LogP contribution in [0.4, 0.5) is 5.82 Å². The van der Waals surface area contributed by atoms with Gasteiger partial charge < -0.3 is 10.3 Å². The number of anilines is 1. The van der Waals surface area contributed by atoms with Crippen LogP contribution in [0.5, 0.6) is 0 Å². The fourth-order valence-corrected chi connectivity index (χ4v) is 4.60. The summed E-state index contributed by atoms with van der Waals surface area (Å²) in [4.78, 5) is 33.2. The SMILES string of the molecule is CC(SCc1nc2scc(-c3ccccc3)c2c(=O)[nH]1)C(=O)Nc1ccn(C)n1. The Bertz CT molecular complexity index is 1210. The maximum absolute atomic E-state index is 12.7. The third-order valence-electron chi connectivity index (χ3n) is 4.38.